The Labute approximate surface area is 160 Å². The second-order valence-corrected chi connectivity index (χ2v) is 6.91. The minimum absolute atomic E-state index is 0.290. The van der Waals surface area contributed by atoms with Crippen molar-refractivity contribution in [1.29, 1.82) is 0 Å². The molecule has 0 aliphatic carbocycles. The Kier molecular flexibility index (Phi) is 5.98. The summed E-state index contributed by atoms with van der Waals surface area (Å²) in [6.07, 6.45) is -0.681. The number of nitrogens with zero attached hydrogens (tertiary/aromatic N) is 2. The summed E-state index contributed by atoms with van der Waals surface area (Å²) in [4.78, 5) is 16.2. The average Bonchev–Trinajstić information content (AvgIpc) is 2.68. The Morgan fingerprint density at radius 3 is 2.52 bits per heavy atom. The van der Waals surface area contributed by atoms with E-state index in [0.717, 1.165) is 26.2 Å². The molecule has 0 bridgehead atoms. The largest absolute Gasteiger partial charge is 0.496 e. The van der Waals surface area contributed by atoms with Crippen LogP contribution >= 0.6 is 0 Å². The van der Waals surface area contributed by atoms with Crippen molar-refractivity contribution in [1.82, 2.24) is 4.90 Å². The van der Waals surface area contributed by atoms with E-state index in [1.807, 2.05) is 0 Å². The third-order valence-corrected chi connectivity index (χ3v) is 5.13. The molecule has 1 atom stereocenters. The van der Waals surface area contributed by atoms with E-state index in [9.17, 15) is 9.90 Å². The summed E-state index contributed by atoms with van der Waals surface area (Å²) in [5.41, 5.74) is 8.93. The highest BCUT2D eigenvalue weighted by Gasteiger charge is 2.22. The van der Waals surface area contributed by atoms with Crippen molar-refractivity contribution in [2.45, 2.75) is 13.0 Å². The zero-order valence-corrected chi connectivity index (χ0v) is 15.9. The van der Waals surface area contributed by atoms with Gasteiger partial charge in [0.05, 0.1) is 18.8 Å². The number of methoxy groups -OCH3 is 1. The number of primary amides is 1. The maximum absolute atomic E-state index is 11.6. The predicted molar refractivity (Wildman–Crippen MR) is 106 cm³/mol. The number of carbonyl (C=O) groups excluding carboxylic acids is 1. The standard InChI is InChI=1S/C21H27N3O3/c1-15-5-3-4-6-18(15)24-11-9-23(10-12-24)14-19(25)16-7-8-20(27-2)17(13-16)21(22)26/h3-8,13,19,25H,9-12,14H2,1-2H3,(H2,22,26). The number of aliphatic hydroxyl groups is 1. The molecule has 2 aromatic rings. The SMILES string of the molecule is COc1ccc(C(O)CN2CCN(c3ccccc3C)CC2)cc1C(N)=O. The van der Waals surface area contributed by atoms with Crippen LogP contribution in [0.5, 0.6) is 5.75 Å². The highest BCUT2D eigenvalue weighted by molar-refractivity contribution is 5.95. The lowest BCUT2D eigenvalue weighted by Gasteiger charge is -2.37. The van der Waals surface area contributed by atoms with Crippen LogP contribution in [0.1, 0.15) is 27.6 Å². The Balaban J connectivity index is 1.61. The smallest absolute Gasteiger partial charge is 0.252 e. The number of aryl methyl sites for hydroxylation is 1. The van der Waals surface area contributed by atoms with Gasteiger partial charge in [0.15, 0.2) is 0 Å². The summed E-state index contributed by atoms with van der Waals surface area (Å²) >= 11 is 0. The van der Waals surface area contributed by atoms with E-state index >= 15 is 0 Å². The molecule has 1 aliphatic heterocycles. The number of benzene rings is 2. The van der Waals surface area contributed by atoms with Gasteiger partial charge in [0.2, 0.25) is 0 Å². The number of carbonyl (C=O) groups is 1. The number of anilines is 1. The molecule has 3 rings (SSSR count). The Bertz CT molecular complexity index is 801. The molecular formula is C21H27N3O3. The van der Waals surface area contributed by atoms with Gasteiger partial charge in [0.25, 0.3) is 5.91 Å². The fourth-order valence-electron chi connectivity index (χ4n) is 3.56. The monoisotopic (exact) mass is 369 g/mol. The number of amides is 1. The third kappa shape index (κ3) is 4.40. The fraction of sp³-hybridized carbons (Fsp3) is 0.381. The van der Waals surface area contributed by atoms with Gasteiger partial charge in [-0.3, -0.25) is 9.69 Å². The van der Waals surface area contributed by atoms with Gasteiger partial charge in [-0.15, -0.1) is 0 Å². The molecule has 0 saturated carbocycles. The fourth-order valence-corrected chi connectivity index (χ4v) is 3.56. The summed E-state index contributed by atoms with van der Waals surface area (Å²) in [7, 11) is 1.49. The van der Waals surface area contributed by atoms with Gasteiger partial charge in [-0.1, -0.05) is 24.3 Å². The van der Waals surface area contributed by atoms with Crippen LogP contribution in [0.4, 0.5) is 5.69 Å². The Morgan fingerprint density at radius 1 is 1.19 bits per heavy atom. The topological polar surface area (TPSA) is 79.0 Å². The molecule has 6 heteroatoms. The number of piperazine rings is 1. The van der Waals surface area contributed by atoms with E-state index < -0.39 is 12.0 Å². The number of ether oxygens (including phenoxy) is 1. The summed E-state index contributed by atoms with van der Waals surface area (Å²) in [6.45, 7) is 6.26. The van der Waals surface area contributed by atoms with Gasteiger partial charge in [-0.2, -0.15) is 0 Å². The van der Waals surface area contributed by atoms with Crippen molar-refractivity contribution in [3.05, 3.63) is 59.2 Å². The van der Waals surface area contributed by atoms with E-state index in [2.05, 4.69) is 41.0 Å². The van der Waals surface area contributed by atoms with Crippen molar-refractivity contribution in [2.75, 3.05) is 44.7 Å². The number of hydrogen-bond acceptors (Lipinski definition) is 5. The van der Waals surface area contributed by atoms with Gasteiger partial charge in [0.1, 0.15) is 5.75 Å². The van der Waals surface area contributed by atoms with Gasteiger partial charge in [-0.25, -0.2) is 0 Å². The van der Waals surface area contributed by atoms with Crippen molar-refractivity contribution < 1.29 is 14.6 Å². The van der Waals surface area contributed by atoms with E-state index in [-0.39, 0.29) is 0 Å². The van der Waals surface area contributed by atoms with Crippen LogP contribution in [0.25, 0.3) is 0 Å². The summed E-state index contributed by atoms with van der Waals surface area (Å²) in [5, 5.41) is 10.6. The van der Waals surface area contributed by atoms with Crippen molar-refractivity contribution in [2.24, 2.45) is 5.73 Å². The number of aliphatic hydroxyl groups excluding tert-OH is 1. The lowest BCUT2D eigenvalue weighted by molar-refractivity contribution is 0.0995. The predicted octanol–water partition coefficient (Wildman–Crippen LogP) is 1.96. The molecule has 2 aromatic carbocycles. The first-order chi connectivity index (χ1) is 13.0. The van der Waals surface area contributed by atoms with Gasteiger partial charge >= 0.3 is 0 Å². The van der Waals surface area contributed by atoms with Crippen LogP contribution in [-0.2, 0) is 0 Å². The summed E-state index contributed by atoms with van der Waals surface area (Å²) in [5.74, 6) is -0.141. The minimum Gasteiger partial charge on any atom is -0.496 e. The normalized spacial score (nSPS) is 16.2. The molecular weight excluding hydrogens is 342 g/mol. The Morgan fingerprint density at radius 2 is 1.89 bits per heavy atom. The second-order valence-electron chi connectivity index (χ2n) is 6.91. The third-order valence-electron chi connectivity index (χ3n) is 5.13. The zero-order chi connectivity index (χ0) is 19.4. The summed E-state index contributed by atoms with van der Waals surface area (Å²) < 4.78 is 5.16. The molecule has 0 aromatic heterocycles. The molecule has 3 N–H and O–H groups in total. The quantitative estimate of drug-likeness (QED) is 0.814. The molecule has 0 spiro atoms. The van der Waals surface area contributed by atoms with Gasteiger partial charge in [-0.05, 0) is 36.2 Å². The zero-order valence-electron chi connectivity index (χ0n) is 15.9. The molecule has 1 saturated heterocycles. The van der Waals surface area contributed by atoms with E-state index in [1.54, 1.807) is 18.2 Å². The number of rotatable bonds is 6. The first-order valence-corrected chi connectivity index (χ1v) is 9.18. The molecule has 1 heterocycles. The van der Waals surface area contributed by atoms with Crippen LogP contribution in [0.2, 0.25) is 0 Å². The van der Waals surface area contributed by atoms with Crippen LogP contribution in [0.3, 0.4) is 0 Å². The maximum atomic E-state index is 11.6. The number of para-hydroxylation sites is 1. The number of hydrogen-bond donors (Lipinski definition) is 2. The lowest BCUT2D eigenvalue weighted by atomic mass is 10.0. The minimum atomic E-state index is -0.681. The van der Waals surface area contributed by atoms with Gasteiger partial charge in [0, 0.05) is 38.4 Å². The van der Waals surface area contributed by atoms with E-state index in [1.165, 1.54) is 18.4 Å². The highest BCUT2D eigenvalue weighted by atomic mass is 16.5. The van der Waals surface area contributed by atoms with Crippen LogP contribution < -0.4 is 15.4 Å². The van der Waals surface area contributed by atoms with E-state index in [0.29, 0.717) is 23.4 Å². The van der Waals surface area contributed by atoms with Crippen LogP contribution in [-0.4, -0.2) is 55.7 Å². The van der Waals surface area contributed by atoms with Gasteiger partial charge < -0.3 is 20.5 Å². The van der Waals surface area contributed by atoms with Crippen molar-refractivity contribution >= 4 is 11.6 Å². The molecule has 27 heavy (non-hydrogen) atoms. The summed E-state index contributed by atoms with van der Waals surface area (Å²) in [6, 6.07) is 13.5. The first kappa shape index (κ1) is 19.2. The average molecular weight is 369 g/mol. The number of β-amino-alcohol motifs (C(OH)–C–C–N with tert-alkyl or cyclic N) is 1. The maximum Gasteiger partial charge on any atom is 0.252 e. The van der Waals surface area contributed by atoms with Crippen molar-refractivity contribution in [3.8, 4) is 5.75 Å². The molecule has 0 radical (unpaired) electrons. The molecule has 6 nitrogen and oxygen atoms in total. The van der Waals surface area contributed by atoms with Crippen LogP contribution in [0, 0.1) is 6.92 Å². The molecule has 1 amide bonds. The van der Waals surface area contributed by atoms with Crippen molar-refractivity contribution in [3.63, 3.8) is 0 Å². The molecule has 144 valence electrons. The highest BCUT2D eigenvalue weighted by Crippen LogP contribution is 2.25. The molecule has 1 unspecified atom stereocenters. The number of nitrogens with two attached hydrogens (primary N) is 1. The molecule has 1 fully saturated rings. The first-order valence-electron chi connectivity index (χ1n) is 9.18. The van der Waals surface area contributed by atoms with E-state index in [4.69, 9.17) is 10.5 Å². The second kappa shape index (κ2) is 8.41. The van der Waals surface area contributed by atoms with Crippen LogP contribution in [0.15, 0.2) is 42.5 Å². The lowest BCUT2D eigenvalue weighted by Crippen LogP contribution is -2.47. The molecule has 1 aliphatic rings. The Hall–Kier alpha value is -2.57.